The molecule has 0 aromatic heterocycles. The number of amides is 2. The molecule has 0 bridgehead atoms. The molecular weight excluding hydrogens is 364 g/mol. The monoisotopic (exact) mass is 388 g/mol. The van der Waals surface area contributed by atoms with E-state index in [9.17, 15) is 9.59 Å². The van der Waals surface area contributed by atoms with E-state index in [-0.39, 0.29) is 17.7 Å². The topological polar surface area (TPSA) is 67.4 Å². The van der Waals surface area contributed by atoms with Gasteiger partial charge in [-0.05, 0) is 43.5 Å². The summed E-state index contributed by atoms with van der Waals surface area (Å²) in [5.41, 5.74) is 2.91. The molecule has 0 heterocycles. The number of halogens is 1. The molecule has 1 atom stereocenters. The van der Waals surface area contributed by atoms with Crippen molar-refractivity contribution in [3.05, 3.63) is 58.1 Å². The summed E-state index contributed by atoms with van der Waals surface area (Å²) in [4.78, 5) is 25.3. The summed E-state index contributed by atoms with van der Waals surface area (Å²) in [6.45, 7) is 7.55. The predicted molar refractivity (Wildman–Crippen MR) is 109 cm³/mol. The Bertz CT molecular complexity index is 832. The molecule has 0 spiro atoms. The molecule has 0 aliphatic heterocycles. The van der Waals surface area contributed by atoms with Crippen LogP contribution >= 0.6 is 11.6 Å². The highest BCUT2D eigenvalue weighted by molar-refractivity contribution is 6.31. The summed E-state index contributed by atoms with van der Waals surface area (Å²) < 4.78 is 5.30. The van der Waals surface area contributed by atoms with E-state index in [1.54, 1.807) is 24.3 Å². The molecule has 0 saturated heterocycles. The van der Waals surface area contributed by atoms with Gasteiger partial charge in [0.1, 0.15) is 11.8 Å². The minimum Gasteiger partial charge on any atom is -0.495 e. The first-order valence-electron chi connectivity index (χ1n) is 8.75. The quantitative estimate of drug-likeness (QED) is 0.772. The van der Waals surface area contributed by atoms with Crippen LogP contribution in [0.3, 0.4) is 0 Å². The van der Waals surface area contributed by atoms with Crippen LogP contribution in [0.1, 0.15) is 35.3 Å². The number of benzene rings is 2. The maximum absolute atomic E-state index is 12.8. The van der Waals surface area contributed by atoms with E-state index in [4.69, 9.17) is 16.3 Å². The number of hydrogen-bond donors (Lipinski definition) is 2. The number of ether oxygens (including phenoxy) is 1. The van der Waals surface area contributed by atoms with Gasteiger partial charge in [-0.25, -0.2) is 0 Å². The second kappa shape index (κ2) is 8.91. The molecule has 0 fully saturated rings. The summed E-state index contributed by atoms with van der Waals surface area (Å²) >= 11 is 6.11. The number of anilines is 1. The SMILES string of the molecule is COc1cc(Cl)c(C)cc1NC(=O)[C@H](NC(=O)c1ccc(C)cc1)C(C)C. The lowest BCUT2D eigenvalue weighted by molar-refractivity contribution is -0.118. The number of aryl methyl sites for hydroxylation is 2. The Morgan fingerprint density at radius 2 is 1.70 bits per heavy atom. The lowest BCUT2D eigenvalue weighted by atomic mass is 10.0. The molecule has 2 aromatic rings. The van der Waals surface area contributed by atoms with Gasteiger partial charge in [-0.15, -0.1) is 0 Å². The number of hydrogen-bond acceptors (Lipinski definition) is 3. The smallest absolute Gasteiger partial charge is 0.251 e. The zero-order valence-corrected chi connectivity index (χ0v) is 17.0. The van der Waals surface area contributed by atoms with Crippen molar-refractivity contribution in [1.82, 2.24) is 5.32 Å². The van der Waals surface area contributed by atoms with Crippen molar-refractivity contribution in [3.63, 3.8) is 0 Å². The van der Waals surface area contributed by atoms with E-state index in [0.717, 1.165) is 11.1 Å². The van der Waals surface area contributed by atoms with Gasteiger partial charge in [0.2, 0.25) is 5.91 Å². The van der Waals surface area contributed by atoms with Crippen LogP contribution in [0.4, 0.5) is 5.69 Å². The third-order valence-electron chi connectivity index (χ3n) is 4.29. The Kier molecular flexibility index (Phi) is 6.86. The number of carbonyl (C=O) groups is 2. The summed E-state index contributed by atoms with van der Waals surface area (Å²) in [6, 6.07) is 9.91. The summed E-state index contributed by atoms with van der Waals surface area (Å²) in [5.74, 6) is -0.237. The first-order valence-corrected chi connectivity index (χ1v) is 9.13. The van der Waals surface area contributed by atoms with Crippen molar-refractivity contribution in [2.45, 2.75) is 33.7 Å². The summed E-state index contributed by atoms with van der Waals surface area (Å²) in [6.07, 6.45) is 0. The number of rotatable bonds is 6. The number of nitrogens with one attached hydrogen (secondary N) is 2. The zero-order valence-electron chi connectivity index (χ0n) is 16.2. The molecule has 5 nitrogen and oxygen atoms in total. The van der Waals surface area contributed by atoms with Crippen LogP contribution in [0.25, 0.3) is 0 Å². The van der Waals surface area contributed by atoms with Crippen LogP contribution in [0, 0.1) is 19.8 Å². The third-order valence-corrected chi connectivity index (χ3v) is 4.70. The fourth-order valence-corrected chi connectivity index (χ4v) is 2.76. The Morgan fingerprint density at radius 3 is 2.26 bits per heavy atom. The third kappa shape index (κ3) is 5.23. The van der Waals surface area contributed by atoms with Crippen molar-refractivity contribution in [3.8, 4) is 5.75 Å². The van der Waals surface area contributed by atoms with Crippen molar-refractivity contribution >= 4 is 29.1 Å². The van der Waals surface area contributed by atoms with Crippen molar-refractivity contribution in [2.24, 2.45) is 5.92 Å². The first kappa shape index (κ1) is 20.8. The summed E-state index contributed by atoms with van der Waals surface area (Å²) in [5, 5.41) is 6.21. The second-order valence-corrected chi connectivity index (χ2v) is 7.26. The Labute approximate surface area is 165 Å². The fraction of sp³-hybridized carbons (Fsp3) is 0.333. The molecule has 2 amide bonds. The highest BCUT2D eigenvalue weighted by Crippen LogP contribution is 2.31. The predicted octanol–water partition coefficient (Wildman–Crippen LogP) is 4.36. The molecule has 0 aliphatic rings. The molecule has 0 saturated carbocycles. The maximum atomic E-state index is 12.8. The van der Waals surface area contributed by atoms with Gasteiger partial charge in [-0.1, -0.05) is 43.1 Å². The van der Waals surface area contributed by atoms with Gasteiger partial charge >= 0.3 is 0 Å². The second-order valence-electron chi connectivity index (χ2n) is 6.85. The average molecular weight is 389 g/mol. The van der Waals surface area contributed by atoms with Crippen LogP contribution in [0.15, 0.2) is 36.4 Å². The van der Waals surface area contributed by atoms with Gasteiger partial charge in [-0.3, -0.25) is 9.59 Å². The average Bonchev–Trinajstić information content (AvgIpc) is 2.62. The lowest BCUT2D eigenvalue weighted by Gasteiger charge is -2.22. The molecule has 144 valence electrons. The lowest BCUT2D eigenvalue weighted by Crippen LogP contribution is -2.47. The van der Waals surface area contributed by atoms with Gasteiger partial charge in [0.25, 0.3) is 5.91 Å². The molecule has 0 radical (unpaired) electrons. The van der Waals surface area contributed by atoms with Gasteiger partial charge in [0.05, 0.1) is 12.8 Å². The van der Waals surface area contributed by atoms with E-state index < -0.39 is 6.04 Å². The van der Waals surface area contributed by atoms with Crippen molar-refractivity contribution < 1.29 is 14.3 Å². The molecule has 0 unspecified atom stereocenters. The number of methoxy groups -OCH3 is 1. The zero-order chi connectivity index (χ0) is 20.1. The van der Waals surface area contributed by atoms with E-state index in [1.165, 1.54) is 7.11 Å². The van der Waals surface area contributed by atoms with Gasteiger partial charge < -0.3 is 15.4 Å². The highest BCUT2D eigenvalue weighted by atomic mass is 35.5. The van der Waals surface area contributed by atoms with Gasteiger partial charge in [-0.2, -0.15) is 0 Å². The van der Waals surface area contributed by atoms with Crippen LogP contribution in [0.5, 0.6) is 5.75 Å². The summed E-state index contributed by atoms with van der Waals surface area (Å²) in [7, 11) is 1.51. The fourth-order valence-electron chi connectivity index (χ4n) is 2.60. The van der Waals surface area contributed by atoms with Gasteiger partial charge in [0.15, 0.2) is 0 Å². The Hall–Kier alpha value is -2.53. The normalized spacial score (nSPS) is 11.8. The molecule has 2 rings (SSSR count). The molecule has 27 heavy (non-hydrogen) atoms. The van der Waals surface area contributed by atoms with Crippen molar-refractivity contribution in [1.29, 1.82) is 0 Å². The largest absolute Gasteiger partial charge is 0.495 e. The highest BCUT2D eigenvalue weighted by Gasteiger charge is 2.25. The standard InChI is InChI=1S/C21H25ClN2O3/c1-12(2)19(24-20(25)15-8-6-13(3)7-9-15)21(26)23-17-10-14(4)16(22)11-18(17)27-5/h6-12,19H,1-5H3,(H,23,26)(H,24,25)/t19-/m1/s1. The minimum atomic E-state index is -0.695. The Balaban J connectivity index is 2.19. The van der Waals surface area contributed by atoms with Crippen LogP contribution in [-0.4, -0.2) is 25.0 Å². The Morgan fingerprint density at radius 1 is 1.07 bits per heavy atom. The van der Waals surface area contributed by atoms with Crippen molar-refractivity contribution in [2.75, 3.05) is 12.4 Å². The van der Waals surface area contributed by atoms with Crippen LogP contribution < -0.4 is 15.4 Å². The van der Waals surface area contributed by atoms with E-state index >= 15 is 0 Å². The van der Waals surface area contributed by atoms with Crippen LogP contribution in [-0.2, 0) is 4.79 Å². The molecule has 2 N–H and O–H groups in total. The van der Waals surface area contributed by atoms with Crippen LogP contribution in [0.2, 0.25) is 5.02 Å². The molecular formula is C21H25ClN2O3. The molecule has 2 aromatic carbocycles. The van der Waals surface area contributed by atoms with Gasteiger partial charge in [0, 0.05) is 16.7 Å². The van der Waals surface area contributed by atoms with E-state index in [1.807, 2.05) is 39.8 Å². The molecule has 6 heteroatoms. The maximum Gasteiger partial charge on any atom is 0.251 e. The minimum absolute atomic E-state index is 0.0983. The first-order chi connectivity index (χ1) is 12.7. The molecule has 0 aliphatic carbocycles. The van der Waals surface area contributed by atoms with E-state index in [2.05, 4.69) is 10.6 Å². The number of carbonyl (C=O) groups excluding carboxylic acids is 2. The van der Waals surface area contributed by atoms with E-state index in [0.29, 0.717) is 22.0 Å².